The van der Waals surface area contributed by atoms with Crippen molar-refractivity contribution in [2.45, 2.75) is 5.33 Å². The van der Waals surface area contributed by atoms with Gasteiger partial charge in [-0.1, -0.05) is 27.5 Å². The summed E-state index contributed by atoms with van der Waals surface area (Å²) in [7, 11) is 1.61. The summed E-state index contributed by atoms with van der Waals surface area (Å²) in [5.41, 5.74) is 0.997. The summed E-state index contributed by atoms with van der Waals surface area (Å²) >= 11 is 8.96. The summed E-state index contributed by atoms with van der Waals surface area (Å²) < 4.78 is 5.06. The number of nitrogens with zero attached hydrogens (tertiary/aromatic N) is 1. The summed E-state index contributed by atoms with van der Waals surface area (Å²) in [5.74, 6) is 0.766. The second-order valence-electron chi connectivity index (χ2n) is 1.95. The summed E-state index contributed by atoms with van der Waals surface area (Å²) in [6, 6.07) is 1.69. The molecule has 0 spiro atoms. The lowest BCUT2D eigenvalue weighted by molar-refractivity contribution is 0.411. The van der Waals surface area contributed by atoms with Crippen molar-refractivity contribution in [2.24, 2.45) is 0 Å². The van der Waals surface area contributed by atoms with E-state index < -0.39 is 0 Å². The average molecular weight is 236 g/mol. The van der Waals surface area contributed by atoms with Gasteiger partial charge in [-0.25, -0.2) is 4.98 Å². The number of rotatable bonds is 2. The van der Waals surface area contributed by atoms with Crippen molar-refractivity contribution in [2.75, 3.05) is 7.11 Å². The fourth-order valence-corrected chi connectivity index (χ4v) is 1.30. The van der Waals surface area contributed by atoms with E-state index in [1.54, 1.807) is 19.4 Å². The Hall–Kier alpha value is -0.280. The number of ether oxygens (including phenoxy) is 1. The Morgan fingerprint density at radius 3 is 3.00 bits per heavy atom. The summed E-state index contributed by atoms with van der Waals surface area (Å²) in [5, 5.41) is 1.17. The van der Waals surface area contributed by atoms with Crippen molar-refractivity contribution in [3.63, 3.8) is 0 Å². The molecule has 0 N–H and O–H groups in total. The van der Waals surface area contributed by atoms with Gasteiger partial charge in [0.05, 0.1) is 7.11 Å². The van der Waals surface area contributed by atoms with Gasteiger partial charge in [0.15, 0.2) is 0 Å². The van der Waals surface area contributed by atoms with E-state index in [0.717, 1.165) is 16.6 Å². The minimum absolute atomic E-state index is 0.451. The van der Waals surface area contributed by atoms with Crippen molar-refractivity contribution in [1.82, 2.24) is 4.98 Å². The number of halogens is 2. The highest BCUT2D eigenvalue weighted by Crippen LogP contribution is 2.22. The highest BCUT2D eigenvalue weighted by atomic mass is 79.9. The molecule has 60 valence electrons. The van der Waals surface area contributed by atoms with Crippen LogP contribution in [0.25, 0.3) is 0 Å². The molecule has 2 nitrogen and oxygen atoms in total. The Kier molecular flexibility index (Phi) is 3.15. The van der Waals surface area contributed by atoms with E-state index in [-0.39, 0.29) is 0 Å². The minimum atomic E-state index is 0.451. The molecule has 11 heavy (non-hydrogen) atoms. The minimum Gasteiger partial charge on any atom is -0.496 e. The third-order valence-electron chi connectivity index (χ3n) is 1.27. The van der Waals surface area contributed by atoms with Gasteiger partial charge in [-0.05, 0) is 0 Å². The molecule has 0 bridgehead atoms. The summed E-state index contributed by atoms with van der Waals surface area (Å²) in [6.45, 7) is 0. The molecule has 0 unspecified atom stereocenters. The van der Waals surface area contributed by atoms with Crippen molar-refractivity contribution < 1.29 is 4.74 Å². The Balaban J connectivity index is 3.06. The van der Waals surface area contributed by atoms with Gasteiger partial charge in [0.1, 0.15) is 10.9 Å². The van der Waals surface area contributed by atoms with Crippen LogP contribution in [-0.2, 0) is 5.33 Å². The van der Waals surface area contributed by atoms with E-state index in [1.807, 2.05) is 0 Å². The van der Waals surface area contributed by atoms with Crippen molar-refractivity contribution in [1.29, 1.82) is 0 Å². The Bertz CT molecular complexity index is 254. The third-order valence-corrected chi connectivity index (χ3v) is 2.09. The standard InChI is InChI=1S/C7H7BrClNO/c1-11-6-2-7(9)10-4-5(6)3-8/h2,4H,3H2,1H3. The fraction of sp³-hybridized carbons (Fsp3) is 0.286. The van der Waals surface area contributed by atoms with Gasteiger partial charge >= 0.3 is 0 Å². The Morgan fingerprint density at radius 1 is 1.73 bits per heavy atom. The Labute approximate surface area is 78.7 Å². The fourth-order valence-electron chi connectivity index (χ4n) is 0.732. The molecule has 1 aromatic heterocycles. The molecule has 0 radical (unpaired) electrons. The molecule has 0 saturated carbocycles. The Morgan fingerprint density at radius 2 is 2.45 bits per heavy atom. The molecule has 0 atom stereocenters. The molecule has 0 amide bonds. The zero-order valence-corrected chi connectivity index (χ0v) is 8.32. The van der Waals surface area contributed by atoms with Crippen LogP contribution in [0.5, 0.6) is 5.75 Å². The predicted molar refractivity (Wildman–Crippen MR) is 48.4 cm³/mol. The summed E-state index contributed by atoms with van der Waals surface area (Å²) in [4.78, 5) is 3.91. The van der Waals surface area contributed by atoms with Crippen LogP contribution in [-0.4, -0.2) is 12.1 Å². The van der Waals surface area contributed by atoms with Gasteiger partial charge < -0.3 is 4.74 Å². The maximum Gasteiger partial charge on any atom is 0.132 e. The van der Waals surface area contributed by atoms with Gasteiger partial charge in [0, 0.05) is 23.2 Å². The van der Waals surface area contributed by atoms with Gasteiger partial charge in [0.2, 0.25) is 0 Å². The largest absolute Gasteiger partial charge is 0.496 e. The van der Waals surface area contributed by atoms with Crippen molar-refractivity contribution >= 4 is 27.5 Å². The number of hydrogen-bond donors (Lipinski definition) is 0. The molecule has 0 fully saturated rings. The average Bonchev–Trinajstić information content (AvgIpc) is 2.04. The van der Waals surface area contributed by atoms with Gasteiger partial charge in [0.25, 0.3) is 0 Å². The monoisotopic (exact) mass is 235 g/mol. The van der Waals surface area contributed by atoms with Crippen LogP contribution in [0.2, 0.25) is 5.15 Å². The topological polar surface area (TPSA) is 22.1 Å². The SMILES string of the molecule is COc1cc(Cl)ncc1CBr. The van der Waals surface area contributed by atoms with Crippen molar-refractivity contribution in [3.8, 4) is 5.75 Å². The molecule has 0 saturated heterocycles. The van der Waals surface area contributed by atoms with Crippen molar-refractivity contribution in [3.05, 3.63) is 23.0 Å². The maximum absolute atomic E-state index is 5.65. The van der Waals surface area contributed by atoms with E-state index in [0.29, 0.717) is 5.15 Å². The van der Waals surface area contributed by atoms with Crippen LogP contribution >= 0.6 is 27.5 Å². The number of pyridine rings is 1. The molecule has 0 aliphatic carbocycles. The van der Waals surface area contributed by atoms with Gasteiger partial charge in [-0.2, -0.15) is 0 Å². The number of hydrogen-bond acceptors (Lipinski definition) is 2. The van der Waals surface area contributed by atoms with E-state index in [2.05, 4.69) is 20.9 Å². The number of methoxy groups -OCH3 is 1. The normalized spacial score (nSPS) is 9.73. The highest BCUT2D eigenvalue weighted by molar-refractivity contribution is 9.08. The third kappa shape index (κ3) is 2.07. The molecule has 0 aliphatic heterocycles. The first-order valence-electron chi connectivity index (χ1n) is 3.02. The highest BCUT2D eigenvalue weighted by Gasteiger charge is 2.01. The van der Waals surface area contributed by atoms with Gasteiger partial charge in [-0.15, -0.1) is 0 Å². The van der Waals surface area contributed by atoms with E-state index in [4.69, 9.17) is 16.3 Å². The zero-order chi connectivity index (χ0) is 8.27. The lowest BCUT2D eigenvalue weighted by Gasteiger charge is -2.04. The van der Waals surface area contributed by atoms with Crippen LogP contribution in [0.4, 0.5) is 0 Å². The van der Waals surface area contributed by atoms with Crippen LogP contribution in [0.3, 0.4) is 0 Å². The molecular formula is C7H7BrClNO. The molecule has 1 heterocycles. The predicted octanol–water partition coefficient (Wildman–Crippen LogP) is 2.64. The van der Waals surface area contributed by atoms with E-state index in [9.17, 15) is 0 Å². The number of aromatic nitrogens is 1. The molecule has 0 aliphatic rings. The molecule has 1 rings (SSSR count). The molecule has 0 aromatic carbocycles. The second kappa shape index (κ2) is 3.93. The van der Waals surface area contributed by atoms with Crippen LogP contribution < -0.4 is 4.74 Å². The maximum atomic E-state index is 5.65. The second-order valence-corrected chi connectivity index (χ2v) is 2.90. The molecular weight excluding hydrogens is 229 g/mol. The van der Waals surface area contributed by atoms with E-state index >= 15 is 0 Å². The lowest BCUT2D eigenvalue weighted by atomic mass is 10.3. The molecule has 4 heteroatoms. The summed E-state index contributed by atoms with van der Waals surface area (Å²) in [6.07, 6.45) is 1.69. The lowest BCUT2D eigenvalue weighted by Crippen LogP contribution is -1.90. The zero-order valence-electron chi connectivity index (χ0n) is 5.97. The van der Waals surface area contributed by atoms with Crippen LogP contribution in [0.1, 0.15) is 5.56 Å². The number of alkyl halides is 1. The first-order valence-corrected chi connectivity index (χ1v) is 4.52. The van der Waals surface area contributed by atoms with Crippen LogP contribution in [0, 0.1) is 0 Å². The quantitative estimate of drug-likeness (QED) is 0.582. The van der Waals surface area contributed by atoms with Crippen LogP contribution in [0.15, 0.2) is 12.3 Å². The van der Waals surface area contributed by atoms with E-state index in [1.165, 1.54) is 0 Å². The molecule has 1 aromatic rings. The van der Waals surface area contributed by atoms with Gasteiger partial charge in [-0.3, -0.25) is 0 Å². The smallest absolute Gasteiger partial charge is 0.132 e. The first kappa shape index (κ1) is 8.81. The first-order chi connectivity index (χ1) is 5.27.